The third-order valence-corrected chi connectivity index (χ3v) is 9.44. The van der Waals surface area contributed by atoms with Crippen LogP contribution in [0.4, 0.5) is 17.1 Å². The monoisotopic (exact) mass is 601 g/mol. The zero-order chi connectivity index (χ0) is 30.9. The van der Waals surface area contributed by atoms with Crippen molar-refractivity contribution in [3.63, 3.8) is 0 Å². The Hall–Kier alpha value is -6.32. The van der Waals surface area contributed by atoms with E-state index in [0.29, 0.717) is 0 Å². The van der Waals surface area contributed by atoms with E-state index in [1.54, 1.807) is 0 Å². The number of rotatable bonds is 4. The highest BCUT2D eigenvalue weighted by Gasteiger charge is 2.25. The summed E-state index contributed by atoms with van der Waals surface area (Å²) in [6.07, 6.45) is 0. The van der Waals surface area contributed by atoms with Gasteiger partial charge in [-0.25, -0.2) is 0 Å². The molecular formula is C44H27NO2. The second-order valence-electron chi connectivity index (χ2n) is 12.1. The molecule has 0 spiro atoms. The number of furan rings is 2. The van der Waals surface area contributed by atoms with Crippen molar-refractivity contribution < 1.29 is 8.83 Å². The Bertz CT molecular complexity index is 2810. The maximum absolute atomic E-state index is 6.71. The van der Waals surface area contributed by atoms with Gasteiger partial charge in [-0.3, -0.25) is 0 Å². The summed E-state index contributed by atoms with van der Waals surface area (Å²) in [5.74, 6) is 0. The molecule has 0 aliphatic rings. The van der Waals surface area contributed by atoms with E-state index in [9.17, 15) is 0 Å². The predicted octanol–water partition coefficient (Wildman–Crippen LogP) is 12.9. The Morgan fingerprint density at radius 1 is 0.383 bits per heavy atom. The number of fused-ring (bicyclic) bond motifs is 9. The molecule has 0 bridgehead atoms. The van der Waals surface area contributed by atoms with E-state index < -0.39 is 0 Å². The van der Waals surface area contributed by atoms with Crippen molar-refractivity contribution in [2.75, 3.05) is 4.90 Å². The smallest absolute Gasteiger partial charge is 0.159 e. The van der Waals surface area contributed by atoms with Gasteiger partial charge in [-0.2, -0.15) is 0 Å². The Morgan fingerprint density at radius 2 is 1.02 bits per heavy atom. The van der Waals surface area contributed by atoms with Crippen LogP contribution in [0.25, 0.3) is 76.5 Å². The normalized spacial score (nSPS) is 11.8. The van der Waals surface area contributed by atoms with Crippen LogP contribution in [0.15, 0.2) is 173 Å². The van der Waals surface area contributed by atoms with Gasteiger partial charge >= 0.3 is 0 Å². The van der Waals surface area contributed by atoms with Gasteiger partial charge in [0.05, 0.1) is 16.8 Å². The van der Waals surface area contributed by atoms with Crippen LogP contribution < -0.4 is 4.90 Å². The van der Waals surface area contributed by atoms with E-state index in [0.717, 1.165) is 72.1 Å². The molecule has 0 unspecified atom stereocenters. The van der Waals surface area contributed by atoms with Gasteiger partial charge in [-0.15, -0.1) is 0 Å². The van der Waals surface area contributed by atoms with Gasteiger partial charge in [-0.1, -0.05) is 121 Å². The van der Waals surface area contributed by atoms with Gasteiger partial charge in [0.2, 0.25) is 0 Å². The number of nitrogens with zero attached hydrogens (tertiary/aromatic N) is 1. The molecule has 10 rings (SSSR count). The summed E-state index contributed by atoms with van der Waals surface area (Å²) < 4.78 is 13.4. The molecule has 0 N–H and O–H groups in total. The number of anilines is 3. The van der Waals surface area contributed by atoms with Gasteiger partial charge in [0, 0.05) is 27.4 Å². The lowest BCUT2D eigenvalue weighted by Gasteiger charge is -2.27. The maximum Gasteiger partial charge on any atom is 0.159 e. The topological polar surface area (TPSA) is 29.5 Å². The molecule has 0 saturated heterocycles. The maximum atomic E-state index is 6.71. The van der Waals surface area contributed by atoms with Gasteiger partial charge in [0.15, 0.2) is 5.58 Å². The average Bonchev–Trinajstić information content (AvgIpc) is 3.72. The molecule has 0 aliphatic carbocycles. The molecule has 0 atom stereocenters. The molecule has 2 aromatic heterocycles. The summed E-state index contributed by atoms with van der Waals surface area (Å²) in [5.41, 5.74) is 8.66. The Morgan fingerprint density at radius 3 is 1.87 bits per heavy atom. The van der Waals surface area contributed by atoms with Crippen LogP contribution in [0.1, 0.15) is 0 Å². The van der Waals surface area contributed by atoms with E-state index in [4.69, 9.17) is 8.83 Å². The molecule has 0 aliphatic heterocycles. The van der Waals surface area contributed by atoms with Crippen LogP contribution in [-0.2, 0) is 0 Å². The van der Waals surface area contributed by atoms with Crippen LogP contribution in [0.3, 0.4) is 0 Å². The summed E-state index contributed by atoms with van der Waals surface area (Å²) >= 11 is 0. The molecule has 3 heteroatoms. The first kappa shape index (κ1) is 26.0. The second-order valence-corrected chi connectivity index (χ2v) is 12.1. The second kappa shape index (κ2) is 10.1. The summed E-state index contributed by atoms with van der Waals surface area (Å²) in [5, 5.41) is 9.18. The van der Waals surface area contributed by atoms with Crippen molar-refractivity contribution in [3.05, 3.63) is 164 Å². The van der Waals surface area contributed by atoms with E-state index in [1.165, 1.54) is 21.5 Å². The third-order valence-electron chi connectivity index (χ3n) is 9.44. The van der Waals surface area contributed by atoms with Gasteiger partial charge in [0.25, 0.3) is 0 Å². The molecule has 2 heterocycles. The first-order valence-electron chi connectivity index (χ1n) is 15.9. The van der Waals surface area contributed by atoms with Crippen molar-refractivity contribution in [1.82, 2.24) is 0 Å². The highest BCUT2D eigenvalue weighted by Crippen LogP contribution is 2.49. The fraction of sp³-hybridized carbons (Fsp3) is 0. The lowest BCUT2D eigenvalue weighted by atomic mass is 9.98. The van der Waals surface area contributed by atoms with Crippen molar-refractivity contribution in [3.8, 4) is 11.1 Å². The zero-order valence-corrected chi connectivity index (χ0v) is 25.4. The van der Waals surface area contributed by atoms with Gasteiger partial charge < -0.3 is 13.7 Å². The summed E-state index contributed by atoms with van der Waals surface area (Å²) in [4.78, 5) is 2.35. The van der Waals surface area contributed by atoms with Crippen LogP contribution in [-0.4, -0.2) is 0 Å². The molecular weight excluding hydrogens is 574 g/mol. The minimum absolute atomic E-state index is 0.847. The van der Waals surface area contributed by atoms with Crippen molar-refractivity contribution in [2.45, 2.75) is 0 Å². The van der Waals surface area contributed by atoms with Crippen molar-refractivity contribution in [1.29, 1.82) is 0 Å². The van der Waals surface area contributed by atoms with Crippen molar-refractivity contribution >= 4 is 82.5 Å². The average molecular weight is 602 g/mol. The molecule has 0 amide bonds. The van der Waals surface area contributed by atoms with E-state index in [2.05, 4.69) is 144 Å². The van der Waals surface area contributed by atoms with Crippen LogP contribution in [0, 0.1) is 0 Å². The molecule has 3 nitrogen and oxygen atoms in total. The third kappa shape index (κ3) is 3.93. The largest absolute Gasteiger partial charge is 0.455 e. The molecule has 220 valence electrons. The zero-order valence-electron chi connectivity index (χ0n) is 25.4. The fourth-order valence-electron chi connectivity index (χ4n) is 7.29. The van der Waals surface area contributed by atoms with Gasteiger partial charge in [-0.05, 0) is 69.6 Å². The molecule has 10 aromatic rings. The number of para-hydroxylation sites is 3. The first-order chi connectivity index (χ1) is 23.3. The quantitative estimate of drug-likeness (QED) is 0.188. The molecule has 0 saturated carbocycles. The van der Waals surface area contributed by atoms with E-state index in [-0.39, 0.29) is 0 Å². The predicted molar refractivity (Wildman–Crippen MR) is 196 cm³/mol. The molecule has 0 radical (unpaired) electrons. The highest BCUT2D eigenvalue weighted by molar-refractivity contribution is 6.19. The van der Waals surface area contributed by atoms with E-state index in [1.807, 2.05) is 24.3 Å². The van der Waals surface area contributed by atoms with Crippen LogP contribution in [0.5, 0.6) is 0 Å². The standard InChI is InChI=1S/C44H27NO2/c1-2-11-28(12-3-1)33-25-26-38(42-36-16-7-9-20-41(36)47-44(33)42)45(39-18-10-17-35-34-15-6-8-19-40(34)46-43(35)39)31-24-23-30-22-21-29-13-4-5-14-32(29)37(30)27-31/h1-27H. The first-order valence-corrected chi connectivity index (χ1v) is 15.9. The van der Waals surface area contributed by atoms with Gasteiger partial charge in [0.1, 0.15) is 16.7 Å². The minimum atomic E-state index is 0.847. The van der Waals surface area contributed by atoms with E-state index >= 15 is 0 Å². The lowest BCUT2D eigenvalue weighted by molar-refractivity contribution is 0.668. The molecule has 0 fully saturated rings. The Balaban J connectivity index is 1.34. The molecule has 8 aromatic carbocycles. The number of hydrogen-bond donors (Lipinski definition) is 0. The van der Waals surface area contributed by atoms with Crippen molar-refractivity contribution in [2.24, 2.45) is 0 Å². The fourth-order valence-corrected chi connectivity index (χ4v) is 7.29. The Labute approximate surface area is 270 Å². The highest BCUT2D eigenvalue weighted by atomic mass is 16.3. The number of benzene rings is 8. The van der Waals surface area contributed by atoms with Crippen LogP contribution in [0.2, 0.25) is 0 Å². The minimum Gasteiger partial charge on any atom is -0.455 e. The molecule has 47 heavy (non-hydrogen) atoms. The lowest BCUT2D eigenvalue weighted by Crippen LogP contribution is -2.11. The summed E-state index contributed by atoms with van der Waals surface area (Å²) in [7, 11) is 0. The number of hydrogen-bond acceptors (Lipinski definition) is 3. The Kier molecular flexibility index (Phi) is 5.57. The summed E-state index contributed by atoms with van der Waals surface area (Å²) in [6.45, 7) is 0. The SMILES string of the molecule is c1ccc(-c2ccc(N(c3ccc4ccc5ccccc5c4c3)c3cccc4c3oc3ccccc34)c3c2oc2ccccc23)cc1. The van der Waals surface area contributed by atoms with Crippen LogP contribution >= 0.6 is 0 Å². The summed E-state index contributed by atoms with van der Waals surface area (Å²) in [6, 6.07) is 57.8.